The zero-order valence-corrected chi connectivity index (χ0v) is 27.2. The second-order valence-electron chi connectivity index (χ2n) is 11.4. The Kier molecular flexibility index (Phi) is 15.5. The van der Waals surface area contributed by atoms with Gasteiger partial charge in [0.05, 0.1) is 51.9 Å². The van der Waals surface area contributed by atoms with Crippen LogP contribution in [0.15, 0.2) is 0 Å². The van der Waals surface area contributed by atoms with E-state index in [4.69, 9.17) is 23.7 Å². The molecule has 4 rings (SSSR count). The number of hydrogen-bond donors (Lipinski definition) is 12. The van der Waals surface area contributed by atoms with Crippen LogP contribution < -0.4 is 0 Å². The van der Waals surface area contributed by atoms with Crippen LogP contribution in [0.4, 0.5) is 0 Å². The van der Waals surface area contributed by atoms with E-state index < -0.39 is 110 Å². The lowest BCUT2D eigenvalue weighted by Crippen LogP contribution is -2.57. The minimum atomic E-state index is -1.69. The highest BCUT2D eigenvalue weighted by molar-refractivity contribution is 8.00. The van der Waals surface area contributed by atoms with Crippen molar-refractivity contribution in [1.29, 1.82) is 0 Å². The summed E-state index contributed by atoms with van der Waals surface area (Å²) in [5.74, 6) is 0.482. The highest BCUT2D eigenvalue weighted by Gasteiger charge is 2.46. The largest absolute Gasteiger partial charge is 0.394 e. The smallest absolute Gasteiger partial charge is 0.181 e. The third-order valence-electron chi connectivity index (χ3n) is 8.17. The van der Waals surface area contributed by atoms with Gasteiger partial charge in [-0.1, -0.05) is 5.21 Å². The second-order valence-corrected chi connectivity index (χ2v) is 13.8. The van der Waals surface area contributed by atoms with Crippen LogP contribution in [-0.4, -0.2) is 205 Å². The van der Waals surface area contributed by atoms with Crippen molar-refractivity contribution in [2.24, 2.45) is 0 Å². The van der Waals surface area contributed by atoms with Gasteiger partial charge in [0.1, 0.15) is 89.8 Å². The van der Waals surface area contributed by atoms with Crippen molar-refractivity contribution in [1.82, 2.24) is 15.0 Å². The van der Waals surface area contributed by atoms with Crippen molar-refractivity contribution < 1.29 is 85.0 Å². The van der Waals surface area contributed by atoms with E-state index in [2.05, 4.69) is 10.3 Å². The van der Waals surface area contributed by atoms with Gasteiger partial charge in [0.25, 0.3) is 0 Å². The molecular weight excluding hydrogens is 690 g/mol. The van der Waals surface area contributed by atoms with Gasteiger partial charge in [-0.15, -0.1) is 28.6 Å². The van der Waals surface area contributed by atoms with Crippen LogP contribution in [-0.2, 0) is 36.9 Å². The third kappa shape index (κ3) is 9.14. The van der Waals surface area contributed by atoms with E-state index in [1.807, 2.05) is 0 Å². The molecule has 3 fully saturated rings. The zero-order valence-electron chi connectivity index (χ0n) is 25.6. The quantitative estimate of drug-likeness (QED) is 0.0702. The minimum absolute atomic E-state index is 0.0512. The van der Waals surface area contributed by atoms with E-state index in [0.29, 0.717) is 0 Å². The lowest BCUT2D eigenvalue weighted by Gasteiger charge is -2.40. The van der Waals surface area contributed by atoms with Crippen LogP contribution >= 0.6 is 23.5 Å². The topological polar surface area (TPSA) is 320 Å². The summed E-state index contributed by atoms with van der Waals surface area (Å²) in [5, 5.41) is 128. The average Bonchev–Trinajstić information content (AvgIpc) is 3.48. The number of aliphatic hydroxyl groups excluding tert-OH is 12. The molecule has 20 nitrogen and oxygen atoms in total. The number of aromatic nitrogens is 3. The maximum atomic E-state index is 10.7. The first-order chi connectivity index (χ1) is 22.9. The van der Waals surface area contributed by atoms with Crippen LogP contribution in [0, 0.1) is 0 Å². The first kappa shape index (κ1) is 39.9. The van der Waals surface area contributed by atoms with Crippen molar-refractivity contribution in [3.05, 3.63) is 11.4 Å². The lowest BCUT2D eigenvalue weighted by atomic mass is 9.98. The molecule has 0 saturated carbocycles. The first-order valence-corrected chi connectivity index (χ1v) is 17.3. The first-order valence-electron chi connectivity index (χ1n) is 15.2. The van der Waals surface area contributed by atoms with Crippen LogP contribution in [0.5, 0.6) is 0 Å². The Balaban J connectivity index is 1.36. The molecule has 0 aromatic carbocycles. The van der Waals surface area contributed by atoms with E-state index in [-0.39, 0.29) is 49.3 Å². The lowest BCUT2D eigenvalue weighted by molar-refractivity contribution is -0.255. The summed E-state index contributed by atoms with van der Waals surface area (Å²) in [6.45, 7) is -1.97. The molecule has 3 aliphatic rings. The highest BCUT2D eigenvalue weighted by Crippen LogP contribution is 2.32. The number of thioether (sulfide) groups is 2. The Morgan fingerprint density at radius 2 is 1.00 bits per heavy atom. The molecule has 4 heterocycles. The molecule has 22 heteroatoms. The van der Waals surface area contributed by atoms with E-state index in [9.17, 15) is 61.3 Å². The van der Waals surface area contributed by atoms with Gasteiger partial charge in [-0.25, -0.2) is 4.68 Å². The Labute approximate surface area is 282 Å². The van der Waals surface area contributed by atoms with E-state index in [1.54, 1.807) is 0 Å². The monoisotopic (exact) mass is 735 g/mol. The van der Waals surface area contributed by atoms with Crippen molar-refractivity contribution in [2.45, 2.75) is 104 Å². The van der Waals surface area contributed by atoms with Gasteiger partial charge in [-0.3, -0.25) is 0 Å². The second kappa shape index (κ2) is 18.6. The Hall–Kier alpha value is -0.840. The number of ether oxygens (including phenoxy) is 5. The SMILES string of the molecule is OC[C@H]1O[C@@H](SCCOCc2nnn([C@@H]3O[C@H](CO)[C@@H](O)[C@H](O)[C@H]3O)c2COCCS[C@@H]2O[C@H](CO)[C@H](O)[C@H](O)[C@H]2O)[C@H](O)[C@@H](O)[C@H]1O. The Bertz CT molecular complexity index is 1110. The molecule has 15 atom stereocenters. The van der Waals surface area contributed by atoms with Gasteiger partial charge >= 0.3 is 0 Å². The average molecular weight is 736 g/mol. The van der Waals surface area contributed by atoms with Crippen molar-refractivity contribution in [3.8, 4) is 0 Å². The number of rotatable bonds is 16. The summed E-state index contributed by atoms with van der Waals surface area (Å²) in [4.78, 5) is 0. The molecule has 0 spiro atoms. The molecule has 1 aromatic rings. The minimum Gasteiger partial charge on any atom is -0.394 e. The van der Waals surface area contributed by atoms with Gasteiger partial charge in [-0.05, 0) is 0 Å². The molecular formula is C26H45N3O17S2. The van der Waals surface area contributed by atoms with Gasteiger partial charge < -0.3 is 85.0 Å². The van der Waals surface area contributed by atoms with Gasteiger partial charge in [0.2, 0.25) is 0 Å². The van der Waals surface area contributed by atoms with Gasteiger partial charge in [-0.2, -0.15) is 0 Å². The van der Waals surface area contributed by atoms with Crippen LogP contribution in [0.25, 0.3) is 0 Å². The fourth-order valence-electron chi connectivity index (χ4n) is 5.29. The maximum absolute atomic E-state index is 10.7. The molecule has 278 valence electrons. The summed E-state index contributed by atoms with van der Waals surface area (Å²) in [7, 11) is 0. The molecule has 3 saturated heterocycles. The zero-order chi connectivity index (χ0) is 35.1. The molecule has 0 amide bonds. The highest BCUT2D eigenvalue weighted by atomic mass is 32.2. The van der Waals surface area contributed by atoms with Gasteiger partial charge in [0.15, 0.2) is 6.23 Å². The van der Waals surface area contributed by atoms with Crippen molar-refractivity contribution >= 4 is 23.5 Å². The van der Waals surface area contributed by atoms with Crippen molar-refractivity contribution in [3.63, 3.8) is 0 Å². The predicted molar refractivity (Wildman–Crippen MR) is 161 cm³/mol. The van der Waals surface area contributed by atoms with Crippen LogP contribution in [0.2, 0.25) is 0 Å². The predicted octanol–water partition coefficient (Wildman–Crippen LogP) is -6.65. The fraction of sp³-hybridized carbons (Fsp3) is 0.923. The number of aliphatic hydroxyl groups is 12. The molecule has 0 aliphatic carbocycles. The van der Waals surface area contributed by atoms with Crippen LogP contribution in [0.3, 0.4) is 0 Å². The van der Waals surface area contributed by atoms with Gasteiger partial charge in [0, 0.05) is 11.5 Å². The summed E-state index contributed by atoms with van der Waals surface area (Å²) in [6, 6.07) is 0. The number of hydrogen-bond acceptors (Lipinski definition) is 21. The van der Waals surface area contributed by atoms with Crippen LogP contribution in [0.1, 0.15) is 17.6 Å². The van der Waals surface area contributed by atoms with E-state index in [0.717, 1.165) is 28.2 Å². The molecule has 12 N–H and O–H groups in total. The summed E-state index contributed by atoms with van der Waals surface area (Å²) in [6.07, 6.45) is -18.5. The molecule has 48 heavy (non-hydrogen) atoms. The standard InChI is InChI=1S/C26H45N3O17S2/c30-5-12-15(33)18(36)21(39)24(44-12)29-11(9-43-2-4-48-26-23(41)20(38)17(35)14(7-32)46-26)10(27-28-29)8-42-1-3-47-25-22(40)19(37)16(34)13(6-31)45-25/h12-26,30-41H,1-9H2/t12-,13-,14-,15-,16+,17+,18+,19+,20+,21-,22-,23-,24-,25+,26+/m1/s1. The molecule has 0 bridgehead atoms. The normalized spacial score (nSPS) is 40.7. The molecule has 0 unspecified atom stereocenters. The number of nitrogens with zero attached hydrogens (tertiary/aromatic N) is 3. The summed E-state index contributed by atoms with van der Waals surface area (Å²) >= 11 is 2.16. The van der Waals surface area contributed by atoms with E-state index >= 15 is 0 Å². The Morgan fingerprint density at radius 3 is 1.48 bits per heavy atom. The maximum Gasteiger partial charge on any atom is 0.181 e. The third-order valence-corrected chi connectivity index (χ3v) is 10.4. The molecule has 3 aliphatic heterocycles. The van der Waals surface area contributed by atoms with Crippen molar-refractivity contribution in [2.75, 3.05) is 44.5 Å². The molecule has 1 aromatic heterocycles. The summed E-state index contributed by atoms with van der Waals surface area (Å²) < 4.78 is 29.2. The molecule has 0 radical (unpaired) electrons. The summed E-state index contributed by atoms with van der Waals surface area (Å²) in [5.41, 5.74) is -1.42. The fourth-order valence-corrected chi connectivity index (χ4v) is 7.34. The Morgan fingerprint density at radius 1 is 0.562 bits per heavy atom. The van der Waals surface area contributed by atoms with E-state index in [1.165, 1.54) is 0 Å².